The Bertz CT molecular complexity index is 907. The highest BCUT2D eigenvalue weighted by Gasteiger charge is 2.23. The summed E-state index contributed by atoms with van der Waals surface area (Å²) in [6.45, 7) is 5.68. The number of rotatable bonds is 6. The highest BCUT2D eigenvalue weighted by atomic mass is 127. The summed E-state index contributed by atoms with van der Waals surface area (Å²) < 4.78 is 30.5. The zero-order chi connectivity index (χ0) is 22.2. The largest absolute Gasteiger partial charge is 0.490 e. The lowest BCUT2D eigenvalue weighted by Gasteiger charge is -2.35. The van der Waals surface area contributed by atoms with E-state index in [9.17, 15) is 4.39 Å². The van der Waals surface area contributed by atoms with Crippen LogP contribution >= 0.6 is 24.0 Å². The van der Waals surface area contributed by atoms with Crippen LogP contribution in [0.5, 0.6) is 11.5 Å². The van der Waals surface area contributed by atoms with Crippen molar-refractivity contribution in [3.63, 3.8) is 0 Å². The Kier molecular flexibility index (Phi) is 10.0. The van der Waals surface area contributed by atoms with Crippen LogP contribution in [0.4, 0.5) is 4.39 Å². The Morgan fingerprint density at radius 2 is 1.73 bits per heavy atom. The molecule has 0 bridgehead atoms. The molecule has 1 atom stereocenters. The number of fused-ring (bicyclic) bond motifs is 1. The minimum atomic E-state index is -0.227. The topological polar surface area (TPSA) is 67.4 Å². The molecule has 9 heteroatoms. The molecule has 2 heterocycles. The monoisotopic (exact) mass is 570 g/mol. The second-order valence-corrected chi connectivity index (χ2v) is 7.85. The van der Waals surface area contributed by atoms with Gasteiger partial charge in [-0.25, -0.2) is 4.39 Å². The van der Waals surface area contributed by atoms with Gasteiger partial charge in [-0.2, -0.15) is 0 Å². The summed E-state index contributed by atoms with van der Waals surface area (Å²) >= 11 is 0. The van der Waals surface area contributed by atoms with Crippen molar-refractivity contribution in [3.8, 4) is 11.5 Å². The van der Waals surface area contributed by atoms with E-state index in [1.54, 1.807) is 7.05 Å². The number of halogens is 2. The molecule has 2 N–H and O–H groups in total. The van der Waals surface area contributed by atoms with Crippen molar-refractivity contribution in [2.24, 2.45) is 4.99 Å². The van der Waals surface area contributed by atoms with Gasteiger partial charge in [0, 0.05) is 39.6 Å². The molecule has 2 aromatic rings. The average Bonchev–Trinajstić information content (AvgIpc) is 3.08. The van der Waals surface area contributed by atoms with Crippen LogP contribution in [0.25, 0.3) is 0 Å². The summed E-state index contributed by atoms with van der Waals surface area (Å²) in [5.74, 6) is 2.06. The molecule has 1 saturated heterocycles. The minimum absolute atomic E-state index is 0. The number of aliphatic imine (C=N–C) groups is 1. The first-order valence-electron chi connectivity index (χ1n) is 11.1. The zero-order valence-electron chi connectivity index (χ0n) is 18.9. The second-order valence-electron chi connectivity index (χ2n) is 7.85. The van der Waals surface area contributed by atoms with Crippen molar-refractivity contribution in [2.75, 3.05) is 53.1 Å². The third-order valence-corrected chi connectivity index (χ3v) is 5.70. The summed E-state index contributed by atoms with van der Waals surface area (Å²) in [6, 6.07) is 12.8. The quantitative estimate of drug-likeness (QED) is 0.316. The van der Waals surface area contributed by atoms with E-state index in [1.807, 2.05) is 30.3 Å². The van der Waals surface area contributed by atoms with Crippen LogP contribution < -0.4 is 20.1 Å². The molecule has 0 aromatic heterocycles. The van der Waals surface area contributed by atoms with Gasteiger partial charge < -0.3 is 24.8 Å². The second kappa shape index (κ2) is 13.0. The minimum Gasteiger partial charge on any atom is -0.490 e. The number of benzene rings is 2. The van der Waals surface area contributed by atoms with Crippen LogP contribution in [0, 0.1) is 5.82 Å². The maximum Gasteiger partial charge on any atom is 0.191 e. The Balaban J connectivity index is 0.00000306. The highest BCUT2D eigenvalue weighted by molar-refractivity contribution is 14.0. The van der Waals surface area contributed by atoms with Gasteiger partial charge in [-0.05, 0) is 35.4 Å². The molecule has 0 spiro atoms. The van der Waals surface area contributed by atoms with Gasteiger partial charge in [0.1, 0.15) is 5.82 Å². The maximum atomic E-state index is 13.5. The molecular formula is C24H32FIN4O3. The summed E-state index contributed by atoms with van der Waals surface area (Å²) in [6.07, 6.45) is 0.886. The number of guanidine groups is 1. The highest BCUT2D eigenvalue weighted by Crippen LogP contribution is 2.30. The molecule has 1 unspecified atom stereocenters. The van der Waals surface area contributed by atoms with Gasteiger partial charge in [-0.3, -0.25) is 9.89 Å². The Morgan fingerprint density at radius 1 is 1.00 bits per heavy atom. The van der Waals surface area contributed by atoms with Gasteiger partial charge in [-0.1, -0.05) is 18.2 Å². The van der Waals surface area contributed by atoms with Gasteiger partial charge in [0.05, 0.1) is 32.5 Å². The average molecular weight is 570 g/mol. The third kappa shape index (κ3) is 7.18. The molecule has 33 heavy (non-hydrogen) atoms. The van der Waals surface area contributed by atoms with E-state index in [1.165, 1.54) is 12.1 Å². The molecule has 180 valence electrons. The molecule has 0 saturated carbocycles. The van der Waals surface area contributed by atoms with E-state index in [-0.39, 0.29) is 35.8 Å². The van der Waals surface area contributed by atoms with Crippen molar-refractivity contribution >= 4 is 29.9 Å². The van der Waals surface area contributed by atoms with Crippen LogP contribution in [0.3, 0.4) is 0 Å². The smallest absolute Gasteiger partial charge is 0.191 e. The lowest BCUT2D eigenvalue weighted by Crippen LogP contribution is -2.46. The third-order valence-electron chi connectivity index (χ3n) is 5.70. The Labute approximate surface area is 211 Å². The van der Waals surface area contributed by atoms with Crippen LogP contribution in [0.1, 0.15) is 23.6 Å². The summed E-state index contributed by atoms with van der Waals surface area (Å²) in [4.78, 5) is 6.73. The number of hydrogen-bond acceptors (Lipinski definition) is 5. The fourth-order valence-electron chi connectivity index (χ4n) is 3.95. The van der Waals surface area contributed by atoms with E-state index in [0.717, 1.165) is 42.1 Å². The van der Waals surface area contributed by atoms with Crippen molar-refractivity contribution in [1.29, 1.82) is 0 Å². The summed E-state index contributed by atoms with van der Waals surface area (Å²) in [5, 5.41) is 6.80. The molecule has 0 amide bonds. The van der Waals surface area contributed by atoms with Crippen LogP contribution in [0.15, 0.2) is 47.5 Å². The van der Waals surface area contributed by atoms with E-state index < -0.39 is 0 Å². The SMILES string of the molecule is CN=C(NCc1ccc2c(c1)OCCCO2)NCC(c1ccc(F)cc1)N1CCOCC1.I. The fraction of sp³-hybridized carbons (Fsp3) is 0.458. The lowest BCUT2D eigenvalue weighted by molar-refractivity contribution is 0.0170. The van der Waals surface area contributed by atoms with Crippen molar-refractivity contribution in [1.82, 2.24) is 15.5 Å². The molecule has 2 aliphatic heterocycles. The first-order chi connectivity index (χ1) is 15.7. The first-order valence-corrected chi connectivity index (χ1v) is 11.1. The fourth-order valence-corrected chi connectivity index (χ4v) is 3.95. The molecule has 1 fully saturated rings. The Morgan fingerprint density at radius 3 is 2.45 bits per heavy atom. The van der Waals surface area contributed by atoms with Crippen molar-refractivity contribution in [3.05, 3.63) is 59.4 Å². The molecule has 0 radical (unpaired) electrons. The van der Waals surface area contributed by atoms with Crippen molar-refractivity contribution < 1.29 is 18.6 Å². The predicted molar refractivity (Wildman–Crippen MR) is 137 cm³/mol. The predicted octanol–water partition coefficient (Wildman–Crippen LogP) is 3.34. The van der Waals surface area contributed by atoms with Crippen molar-refractivity contribution in [2.45, 2.75) is 19.0 Å². The van der Waals surface area contributed by atoms with Gasteiger partial charge in [0.15, 0.2) is 17.5 Å². The normalized spacial score (nSPS) is 17.5. The molecule has 2 aromatic carbocycles. The van der Waals surface area contributed by atoms with Gasteiger partial charge >= 0.3 is 0 Å². The number of ether oxygens (including phenoxy) is 3. The molecule has 0 aliphatic carbocycles. The van der Waals surface area contributed by atoms with Gasteiger partial charge in [0.25, 0.3) is 0 Å². The zero-order valence-corrected chi connectivity index (χ0v) is 21.2. The molecule has 2 aliphatic rings. The first kappa shape index (κ1) is 25.5. The van der Waals surface area contributed by atoms with Gasteiger partial charge in [-0.15, -0.1) is 24.0 Å². The number of morpholine rings is 1. The van der Waals surface area contributed by atoms with E-state index in [2.05, 4.69) is 20.5 Å². The summed E-state index contributed by atoms with van der Waals surface area (Å²) in [5.41, 5.74) is 2.15. The standard InChI is InChI=1S/C24H31FN4O3.HI/c1-26-24(27-16-18-3-8-22-23(15-18)32-12-2-11-31-22)28-17-21(29-9-13-30-14-10-29)19-4-6-20(25)7-5-19;/h3-8,15,21H,2,9-14,16-17H2,1H3,(H2,26,27,28);1H. The van der Waals surface area contributed by atoms with Crippen LogP contribution in [-0.2, 0) is 11.3 Å². The van der Waals surface area contributed by atoms with E-state index in [0.29, 0.717) is 45.5 Å². The lowest BCUT2D eigenvalue weighted by atomic mass is 10.0. The maximum absolute atomic E-state index is 13.5. The van der Waals surface area contributed by atoms with Gasteiger partial charge in [0.2, 0.25) is 0 Å². The molecular weight excluding hydrogens is 538 g/mol. The Hall–Kier alpha value is -2.11. The summed E-state index contributed by atoms with van der Waals surface area (Å²) in [7, 11) is 1.75. The number of nitrogens with one attached hydrogen (secondary N) is 2. The van der Waals surface area contributed by atoms with Crippen LogP contribution in [-0.4, -0.2) is 64.0 Å². The number of hydrogen-bond donors (Lipinski definition) is 2. The van der Waals surface area contributed by atoms with E-state index in [4.69, 9.17) is 14.2 Å². The molecule has 4 rings (SSSR count). The molecule has 7 nitrogen and oxygen atoms in total. The van der Waals surface area contributed by atoms with Crippen LogP contribution in [0.2, 0.25) is 0 Å². The van der Waals surface area contributed by atoms with E-state index >= 15 is 0 Å². The number of nitrogens with zero attached hydrogens (tertiary/aromatic N) is 2.